The Morgan fingerprint density at radius 2 is 1.64 bits per heavy atom. The number of nitrogens with two attached hydrogens (primary N) is 1. The lowest BCUT2D eigenvalue weighted by molar-refractivity contribution is 0.101. The molecule has 8 nitrogen and oxygen atoms in total. The van der Waals surface area contributed by atoms with Crippen molar-refractivity contribution in [3.8, 4) is 11.5 Å². The molecule has 0 radical (unpaired) electrons. The van der Waals surface area contributed by atoms with Crippen molar-refractivity contribution in [2.75, 3.05) is 29.6 Å². The molecule has 142 valence electrons. The van der Waals surface area contributed by atoms with Gasteiger partial charge in [0.15, 0.2) is 28.9 Å². The van der Waals surface area contributed by atoms with E-state index in [1.54, 1.807) is 18.2 Å². The van der Waals surface area contributed by atoms with E-state index >= 15 is 0 Å². The van der Waals surface area contributed by atoms with E-state index in [4.69, 9.17) is 15.2 Å². The Labute approximate surface area is 161 Å². The molecule has 1 aromatic heterocycles. The second kappa shape index (κ2) is 7.43. The molecule has 0 aliphatic carbocycles. The summed E-state index contributed by atoms with van der Waals surface area (Å²) in [5.74, 6) is 2.26. The quantitative estimate of drug-likeness (QED) is 0.579. The summed E-state index contributed by atoms with van der Waals surface area (Å²) in [6, 6.07) is 12.7. The number of aromatic nitrogens is 2. The molecule has 0 atom stereocenters. The number of Topliss-reactive ketones (excluding diaryl/α,β-unsaturated/α-hetero) is 1. The molecule has 2 aromatic carbocycles. The van der Waals surface area contributed by atoms with E-state index in [-0.39, 0.29) is 5.78 Å². The van der Waals surface area contributed by atoms with Gasteiger partial charge in [0.25, 0.3) is 0 Å². The second-order valence-electron chi connectivity index (χ2n) is 6.23. The molecule has 2 heterocycles. The van der Waals surface area contributed by atoms with Crippen LogP contribution in [0.25, 0.3) is 0 Å². The maximum atomic E-state index is 11.6. The lowest BCUT2D eigenvalue weighted by Crippen LogP contribution is -2.15. The van der Waals surface area contributed by atoms with Crippen molar-refractivity contribution in [3.63, 3.8) is 0 Å². The number of hydrogen-bond acceptors (Lipinski definition) is 8. The fourth-order valence-corrected chi connectivity index (χ4v) is 2.81. The molecule has 4 N–H and O–H groups in total. The van der Waals surface area contributed by atoms with Gasteiger partial charge < -0.3 is 25.8 Å². The predicted octanol–water partition coefficient (Wildman–Crippen LogP) is 3.52. The highest BCUT2D eigenvalue weighted by atomic mass is 16.6. The Morgan fingerprint density at radius 1 is 0.964 bits per heavy atom. The highest BCUT2D eigenvalue weighted by molar-refractivity contribution is 5.95. The number of hydrogen-bond donors (Lipinski definition) is 3. The summed E-state index contributed by atoms with van der Waals surface area (Å²) in [6.07, 6.45) is 1.41. The van der Waals surface area contributed by atoms with E-state index in [2.05, 4.69) is 20.6 Å². The zero-order chi connectivity index (χ0) is 19.5. The molecule has 1 aliphatic heterocycles. The Kier molecular flexibility index (Phi) is 4.67. The average Bonchev–Trinajstić information content (AvgIpc) is 2.71. The number of carbonyl (C=O) groups is 1. The maximum Gasteiger partial charge on any atom is 0.163 e. The van der Waals surface area contributed by atoms with Crippen LogP contribution < -0.4 is 25.8 Å². The minimum absolute atomic E-state index is 0.0136. The van der Waals surface area contributed by atoms with E-state index in [0.29, 0.717) is 53.3 Å². The van der Waals surface area contributed by atoms with Gasteiger partial charge in [-0.25, -0.2) is 9.97 Å². The smallest absolute Gasteiger partial charge is 0.163 e. The monoisotopic (exact) mass is 377 g/mol. The van der Waals surface area contributed by atoms with Gasteiger partial charge in [-0.2, -0.15) is 0 Å². The summed E-state index contributed by atoms with van der Waals surface area (Å²) in [6.45, 7) is 2.57. The standard InChI is InChI=1S/C20H19N5O3/c1-12(26)13-3-2-4-14(9-13)24-19-18(21)20(23-11-22-19)25-15-5-6-16-17(10-15)28-8-7-27-16/h2-6,9-11H,7-8,21H2,1H3,(H2,22,23,24,25). The maximum absolute atomic E-state index is 11.6. The Bertz CT molecular complexity index is 1040. The van der Waals surface area contributed by atoms with Crippen molar-refractivity contribution in [1.82, 2.24) is 9.97 Å². The number of nitrogens with one attached hydrogen (secondary N) is 2. The van der Waals surface area contributed by atoms with Crippen LogP contribution in [0.2, 0.25) is 0 Å². The first-order valence-electron chi connectivity index (χ1n) is 8.75. The largest absolute Gasteiger partial charge is 0.486 e. The number of carbonyl (C=O) groups excluding carboxylic acids is 1. The van der Waals surface area contributed by atoms with Gasteiger partial charge in [0.1, 0.15) is 25.2 Å². The van der Waals surface area contributed by atoms with Crippen LogP contribution in [-0.2, 0) is 0 Å². The highest BCUT2D eigenvalue weighted by Gasteiger charge is 2.14. The van der Waals surface area contributed by atoms with Gasteiger partial charge in [0, 0.05) is 23.0 Å². The first-order valence-corrected chi connectivity index (χ1v) is 8.75. The third-order valence-electron chi connectivity index (χ3n) is 4.22. The van der Waals surface area contributed by atoms with Crippen molar-refractivity contribution in [2.24, 2.45) is 0 Å². The van der Waals surface area contributed by atoms with E-state index in [1.165, 1.54) is 13.3 Å². The van der Waals surface area contributed by atoms with Crippen molar-refractivity contribution in [3.05, 3.63) is 54.4 Å². The van der Waals surface area contributed by atoms with Crippen LogP contribution in [0.4, 0.5) is 28.7 Å². The number of ketones is 1. The molecule has 3 aromatic rings. The molecule has 0 spiro atoms. The van der Waals surface area contributed by atoms with Gasteiger partial charge in [-0.3, -0.25) is 4.79 Å². The van der Waals surface area contributed by atoms with Gasteiger partial charge in [-0.15, -0.1) is 0 Å². The fraction of sp³-hybridized carbons (Fsp3) is 0.150. The van der Waals surface area contributed by atoms with Crippen LogP contribution in [0.1, 0.15) is 17.3 Å². The number of benzene rings is 2. The number of nitrogens with zero attached hydrogens (tertiary/aromatic N) is 2. The summed E-state index contributed by atoms with van der Waals surface area (Å²) in [7, 11) is 0. The van der Waals surface area contributed by atoms with Crippen LogP contribution in [0.15, 0.2) is 48.8 Å². The minimum atomic E-state index is -0.0136. The molecule has 0 unspecified atom stereocenters. The van der Waals surface area contributed by atoms with Gasteiger partial charge in [-0.05, 0) is 31.2 Å². The van der Waals surface area contributed by atoms with Crippen molar-refractivity contribution in [1.29, 1.82) is 0 Å². The van der Waals surface area contributed by atoms with E-state index in [1.807, 2.05) is 24.3 Å². The van der Waals surface area contributed by atoms with E-state index < -0.39 is 0 Å². The molecule has 4 rings (SSSR count). The molecule has 0 bridgehead atoms. The SMILES string of the molecule is CC(=O)c1cccc(Nc2ncnc(Nc3ccc4c(c3)OCCO4)c2N)c1. The highest BCUT2D eigenvalue weighted by Crippen LogP contribution is 2.35. The van der Waals surface area contributed by atoms with Crippen LogP contribution in [-0.4, -0.2) is 29.0 Å². The lowest BCUT2D eigenvalue weighted by atomic mass is 10.1. The predicted molar refractivity (Wildman–Crippen MR) is 107 cm³/mol. The summed E-state index contributed by atoms with van der Waals surface area (Å²) in [4.78, 5) is 20.0. The van der Waals surface area contributed by atoms with Crippen LogP contribution >= 0.6 is 0 Å². The average molecular weight is 377 g/mol. The molecule has 28 heavy (non-hydrogen) atoms. The molecule has 0 saturated heterocycles. The van der Waals surface area contributed by atoms with E-state index in [0.717, 1.165) is 5.69 Å². The Hall–Kier alpha value is -3.81. The van der Waals surface area contributed by atoms with Gasteiger partial charge >= 0.3 is 0 Å². The lowest BCUT2D eigenvalue weighted by Gasteiger charge is -2.19. The van der Waals surface area contributed by atoms with Crippen molar-refractivity contribution < 1.29 is 14.3 Å². The molecule has 0 fully saturated rings. The summed E-state index contributed by atoms with van der Waals surface area (Å²) < 4.78 is 11.1. The third-order valence-corrected chi connectivity index (χ3v) is 4.22. The molecule has 0 amide bonds. The number of anilines is 5. The molecular formula is C20H19N5O3. The van der Waals surface area contributed by atoms with Crippen LogP contribution in [0, 0.1) is 0 Å². The normalized spacial score (nSPS) is 12.3. The summed E-state index contributed by atoms with van der Waals surface area (Å²) in [5, 5.41) is 6.30. The number of rotatable bonds is 5. The van der Waals surface area contributed by atoms with E-state index in [9.17, 15) is 4.79 Å². The van der Waals surface area contributed by atoms with Crippen LogP contribution in [0.3, 0.4) is 0 Å². The van der Waals surface area contributed by atoms with Gasteiger partial charge in [0.05, 0.1) is 0 Å². The minimum Gasteiger partial charge on any atom is -0.486 e. The van der Waals surface area contributed by atoms with Crippen molar-refractivity contribution >= 4 is 34.5 Å². The second-order valence-corrected chi connectivity index (χ2v) is 6.23. The Balaban J connectivity index is 1.57. The van der Waals surface area contributed by atoms with Crippen LogP contribution in [0.5, 0.6) is 11.5 Å². The molecule has 1 aliphatic rings. The zero-order valence-corrected chi connectivity index (χ0v) is 15.2. The topological polar surface area (TPSA) is 111 Å². The first kappa shape index (κ1) is 17.6. The first-order chi connectivity index (χ1) is 13.6. The summed E-state index contributed by atoms with van der Waals surface area (Å²) >= 11 is 0. The third kappa shape index (κ3) is 3.66. The zero-order valence-electron chi connectivity index (χ0n) is 15.2. The number of nitrogen functional groups attached to an aromatic ring is 1. The fourth-order valence-electron chi connectivity index (χ4n) is 2.81. The Morgan fingerprint density at radius 3 is 2.36 bits per heavy atom. The number of ether oxygens (including phenoxy) is 2. The van der Waals surface area contributed by atoms with Crippen molar-refractivity contribution in [2.45, 2.75) is 6.92 Å². The van der Waals surface area contributed by atoms with Gasteiger partial charge in [-0.1, -0.05) is 12.1 Å². The van der Waals surface area contributed by atoms with Gasteiger partial charge in [0.2, 0.25) is 0 Å². The molecule has 0 saturated carbocycles. The molecule has 8 heteroatoms. The summed E-state index contributed by atoms with van der Waals surface area (Å²) in [5.41, 5.74) is 8.67. The number of fused-ring (bicyclic) bond motifs is 1. The molecular weight excluding hydrogens is 358 g/mol.